The second-order valence-corrected chi connectivity index (χ2v) is 1.64. The van der Waals surface area contributed by atoms with Crippen LogP contribution in [0.4, 0.5) is 0 Å². The summed E-state index contributed by atoms with van der Waals surface area (Å²) in [6.45, 7) is 1.48. The molecule has 0 aliphatic heterocycles. The van der Waals surface area contributed by atoms with Gasteiger partial charge in [0, 0.05) is 7.11 Å². The number of nitrogens with one attached hydrogen (secondary N) is 1. The van der Waals surface area contributed by atoms with Crippen LogP contribution in [0.2, 0.25) is 0 Å². The molecule has 0 aromatic heterocycles. The van der Waals surface area contributed by atoms with Crippen LogP contribution in [-0.2, 0) is 9.53 Å². The lowest BCUT2D eigenvalue weighted by Gasteiger charge is -1.98. The van der Waals surface area contributed by atoms with Crippen molar-refractivity contribution < 1.29 is 15.3 Å². The summed E-state index contributed by atoms with van der Waals surface area (Å²) in [6, 6.07) is 0. The zero-order valence-corrected chi connectivity index (χ0v) is 5.64. The van der Waals surface area contributed by atoms with E-state index in [4.69, 9.17) is 0 Å². The van der Waals surface area contributed by atoms with Crippen LogP contribution in [0.3, 0.4) is 0 Å². The number of rotatable bonds is 4. The second kappa shape index (κ2) is 5.53. The van der Waals surface area contributed by atoms with Gasteiger partial charge in [0.25, 0.3) is 0 Å². The largest absolute Gasteiger partial charge is 0.375 e. The van der Waals surface area contributed by atoms with E-state index in [2.05, 4.69) is 15.8 Å². The first kappa shape index (κ1) is 8.39. The van der Waals surface area contributed by atoms with E-state index in [9.17, 15) is 4.79 Å². The third kappa shape index (κ3) is 5.26. The molecule has 0 atom stereocenters. The van der Waals surface area contributed by atoms with Crippen LogP contribution in [0.25, 0.3) is 0 Å². The number of hydrogen-bond acceptors (Lipinski definition) is 2. The lowest BCUT2D eigenvalue weighted by Crippen LogP contribution is -2.55. The minimum absolute atomic E-state index is 0.0823. The van der Waals surface area contributed by atoms with Crippen LogP contribution in [0.5, 0.6) is 0 Å². The van der Waals surface area contributed by atoms with Gasteiger partial charge in [-0.15, -0.1) is 0 Å². The fraction of sp³-hybridized carbons (Fsp3) is 0.800. The predicted molar refractivity (Wildman–Crippen MR) is 32.6 cm³/mol. The highest BCUT2D eigenvalue weighted by Gasteiger charge is 1.95. The molecule has 0 aliphatic rings. The number of amides is 1. The maximum atomic E-state index is 10.5. The Morgan fingerprint density at radius 2 is 2.44 bits per heavy atom. The Morgan fingerprint density at radius 3 is 2.89 bits per heavy atom. The van der Waals surface area contributed by atoms with E-state index in [1.807, 2.05) is 0 Å². The van der Waals surface area contributed by atoms with Crippen molar-refractivity contribution in [3.05, 3.63) is 0 Å². The van der Waals surface area contributed by atoms with Crippen molar-refractivity contribution in [2.24, 2.45) is 0 Å². The normalized spacial score (nSPS) is 9.11. The maximum absolute atomic E-state index is 10.5. The number of carbonyl (C=O) groups is 1. The van der Waals surface area contributed by atoms with Gasteiger partial charge in [0.2, 0.25) is 5.91 Å². The van der Waals surface area contributed by atoms with Crippen molar-refractivity contribution in [2.45, 2.75) is 0 Å². The highest BCUT2D eigenvalue weighted by Crippen LogP contribution is 1.65. The Hall–Kier alpha value is -0.610. The van der Waals surface area contributed by atoms with Crippen LogP contribution in [0.1, 0.15) is 0 Å². The molecule has 0 radical (unpaired) electrons. The van der Waals surface area contributed by atoms with Crippen molar-refractivity contribution in [3.8, 4) is 0 Å². The molecule has 9 heavy (non-hydrogen) atoms. The molecule has 4 N–H and O–H groups in total. The lowest BCUT2D eigenvalue weighted by molar-refractivity contribution is -0.364. The van der Waals surface area contributed by atoms with Gasteiger partial charge in [0.15, 0.2) is 0 Å². The molecule has 0 spiro atoms. The van der Waals surface area contributed by atoms with Gasteiger partial charge in [0.1, 0.15) is 6.61 Å². The van der Waals surface area contributed by atoms with Crippen LogP contribution in [0, 0.1) is 0 Å². The van der Waals surface area contributed by atoms with Crippen molar-refractivity contribution in [2.75, 3.05) is 26.8 Å². The number of ether oxygens (including phenoxy) is 1. The first-order valence-electron chi connectivity index (χ1n) is 2.86. The van der Waals surface area contributed by atoms with E-state index in [0.717, 1.165) is 6.54 Å². The average Bonchev–Trinajstić information content (AvgIpc) is 1.85. The molecule has 0 aromatic carbocycles. The van der Waals surface area contributed by atoms with E-state index < -0.39 is 0 Å². The molecular weight excluding hydrogens is 120 g/mol. The van der Waals surface area contributed by atoms with Crippen molar-refractivity contribution in [1.82, 2.24) is 5.32 Å². The summed E-state index contributed by atoms with van der Waals surface area (Å²) in [4.78, 5) is 10.5. The van der Waals surface area contributed by atoms with Gasteiger partial charge in [-0.05, 0) is 0 Å². The van der Waals surface area contributed by atoms with Crippen molar-refractivity contribution >= 4 is 5.91 Å². The van der Waals surface area contributed by atoms with Gasteiger partial charge in [-0.25, -0.2) is 0 Å². The van der Waals surface area contributed by atoms with E-state index in [1.54, 1.807) is 0 Å². The van der Waals surface area contributed by atoms with Gasteiger partial charge in [-0.1, -0.05) is 0 Å². The fourth-order valence-electron chi connectivity index (χ4n) is 0.410. The van der Waals surface area contributed by atoms with Gasteiger partial charge in [-0.2, -0.15) is 0 Å². The Balaban J connectivity index is 3.06. The first-order valence-corrected chi connectivity index (χ1v) is 2.86. The van der Waals surface area contributed by atoms with E-state index >= 15 is 0 Å². The summed E-state index contributed by atoms with van der Waals surface area (Å²) in [5, 5.41) is 2.61. The zero-order chi connectivity index (χ0) is 7.11. The molecule has 0 bridgehead atoms. The summed E-state index contributed by atoms with van der Waals surface area (Å²) in [5.41, 5.74) is 3.56. The molecule has 0 aliphatic carbocycles. The fourth-order valence-corrected chi connectivity index (χ4v) is 0.410. The van der Waals surface area contributed by atoms with Crippen LogP contribution >= 0.6 is 0 Å². The van der Waals surface area contributed by atoms with E-state index in [-0.39, 0.29) is 12.5 Å². The first-order chi connectivity index (χ1) is 4.31. The SMILES string of the molecule is COCC(=O)NCC[NH3+]. The van der Waals surface area contributed by atoms with Crippen molar-refractivity contribution in [3.63, 3.8) is 0 Å². The van der Waals surface area contributed by atoms with Crippen molar-refractivity contribution in [1.29, 1.82) is 0 Å². The van der Waals surface area contributed by atoms with E-state index in [1.165, 1.54) is 7.11 Å². The molecule has 0 rings (SSSR count). The number of carbonyl (C=O) groups excluding carboxylic acids is 1. The van der Waals surface area contributed by atoms with Crippen LogP contribution < -0.4 is 11.1 Å². The lowest BCUT2D eigenvalue weighted by atomic mass is 10.6. The quantitative estimate of drug-likeness (QED) is 0.465. The van der Waals surface area contributed by atoms with Crippen LogP contribution in [-0.4, -0.2) is 32.7 Å². The highest BCUT2D eigenvalue weighted by atomic mass is 16.5. The number of hydrogen-bond donors (Lipinski definition) is 2. The molecule has 0 aromatic rings. The smallest absolute Gasteiger partial charge is 0.246 e. The second-order valence-electron chi connectivity index (χ2n) is 1.64. The van der Waals surface area contributed by atoms with Crippen LogP contribution in [0.15, 0.2) is 0 Å². The molecule has 0 unspecified atom stereocenters. The van der Waals surface area contributed by atoms with E-state index in [0.29, 0.717) is 6.54 Å². The third-order valence-corrected chi connectivity index (χ3v) is 0.774. The molecule has 4 nitrogen and oxygen atoms in total. The summed E-state index contributed by atoms with van der Waals surface area (Å²) in [7, 11) is 1.49. The molecule has 0 heterocycles. The molecule has 0 fully saturated rings. The molecular formula is C5H13N2O2+. The van der Waals surface area contributed by atoms with Gasteiger partial charge in [-0.3, -0.25) is 4.79 Å². The Bertz CT molecular complexity index is 85.0. The molecule has 54 valence electrons. The van der Waals surface area contributed by atoms with Gasteiger partial charge in [0.05, 0.1) is 13.1 Å². The minimum atomic E-state index is -0.0823. The maximum Gasteiger partial charge on any atom is 0.246 e. The Kier molecular flexibility index (Phi) is 5.15. The number of quaternary nitrogens is 1. The average molecular weight is 133 g/mol. The highest BCUT2D eigenvalue weighted by molar-refractivity contribution is 5.77. The van der Waals surface area contributed by atoms with Gasteiger partial charge < -0.3 is 15.8 Å². The Labute approximate surface area is 54.4 Å². The molecule has 4 heteroatoms. The topological polar surface area (TPSA) is 66.0 Å². The minimum Gasteiger partial charge on any atom is -0.375 e. The standard InChI is InChI=1S/C5H12N2O2/c1-9-4-5(8)7-3-2-6/h2-4,6H2,1H3,(H,7,8)/p+1. The summed E-state index contributed by atoms with van der Waals surface area (Å²) >= 11 is 0. The summed E-state index contributed by atoms with van der Waals surface area (Å²) in [5.74, 6) is -0.0823. The van der Waals surface area contributed by atoms with Gasteiger partial charge >= 0.3 is 0 Å². The molecule has 1 amide bonds. The molecule has 0 saturated carbocycles. The summed E-state index contributed by atoms with van der Waals surface area (Å²) < 4.78 is 4.57. The molecule has 0 saturated heterocycles. The zero-order valence-electron chi connectivity index (χ0n) is 5.64. The number of methoxy groups -OCH3 is 1. The Morgan fingerprint density at radius 1 is 1.78 bits per heavy atom. The monoisotopic (exact) mass is 133 g/mol. The predicted octanol–water partition coefficient (Wildman–Crippen LogP) is -2.01. The summed E-state index contributed by atoms with van der Waals surface area (Å²) in [6.07, 6.45) is 0. The third-order valence-electron chi connectivity index (χ3n) is 0.774.